The van der Waals surface area contributed by atoms with Crippen molar-refractivity contribution in [2.75, 3.05) is 11.4 Å². The van der Waals surface area contributed by atoms with Gasteiger partial charge in [-0.25, -0.2) is 4.39 Å². The van der Waals surface area contributed by atoms with E-state index in [1.165, 1.54) is 12.1 Å². The molecule has 0 aromatic heterocycles. The molecule has 1 fully saturated rings. The van der Waals surface area contributed by atoms with Crippen molar-refractivity contribution in [3.8, 4) is 0 Å². The number of hydrogen-bond donors (Lipinski definition) is 1. The lowest BCUT2D eigenvalue weighted by Crippen LogP contribution is -2.35. The zero-order chi connectivity index (χ0) is 11.7. The first-order chi connectivity index (χ1) is 7.59. The minimum absolute atomic E-state index is 0.261. The van der Waals surface area contributed by atoms with Gasteiger partial charge in [-0.1, -0.05) is 23.2 Å². The molecule has 1 aromatic carbocycles. The maximum atomic E-state index is 13.0. The van der Waals surface area contributed by atoms with Crippen molar-refractivity contribution in [3.05, 3.63) is 28.0 Å². The van der Waals surface area contributed by atoms with Gasteiger partial charge in [0.05, 0.1) is 15.7 Å². The molecule has 16 heavy (non-hydrogen) atoms. The molecule has 0 unspecified atom stereocenters. The smallest absolute Gasteiger partial charge is 0.126 e. The van der Waals surface area contributed by atoms with Gasteiger partial charge < -0.3 is 4.90 Å². The highest BCUT2D eigenvalue weighted by atomic mass is 35.5. The lowest BCUT2D eigenvalue weighted by Gasteiger charge is -2.30. The molecule has 0 bridgehead atoms. The Balaban J connectivity index is 2.42. The monoisotopic (exact) mass is 260 g/mol. The highest BCUT2D eigenvalue weighted by molar-refractivity contribution is 6.40. The van der Waals surface area contributed by atoms with Crippen LogP contribution in [0.15, 0.2) is 12.1 Å². The molecule has 1 aliphatic rings. The van der Waals surface area contributed by atoms with Gasteiger partial charge in [-0.2, -0.15) is 0 Å². The molecular weight excluding hydrogens is 250 g/mol. The summed E-state index contributed by atoms with van der Waals surface area (Å²) >= 11 is 11.9. The summed E-state index contributed by atoms with van der Waals surface area (Å²) in [5.41, 5.74) is 0.550. The van der Waals surface area contributed by atoms with Gasteiger partial charge in [0.15, 0.2) is 0 Å². The highest BCUT2D eigenvalue weighted by Gasteiger charge is 2.21. The molecule has 0 radical (unpaired) electrons. The zero-order valence-corrected chi connectivity index (χ0v) is 10.1. The molecule has 0 atom stereocenters. The topological polar surface area (TPSA) is 27.1 Å². The molecule has 0 amide bonds. The van der Waals surface area contributed by atoms with E-state index in [0.717, 1.165) is 12.8 Å². The SMILES string of the molecule is N=C1CCCCN1c1c(Cl)cc(F)cc1Cl. The summed E-state index contributed by atoms with van der Waals surface area (Å²) in [7, 11) is 0. The average Bonchev–Trinajstić information content (AvgIpc) is 2.19. The van der Waals surface area contributed by atoms with E-state index >= 15 is 0 Å². The average molecular weight is 261 g/mol. The van der Waals surface area contributed by atoms with Gasteiger partial charge in [-0.15, -0.1) is 0 Å². The van der Waals surface area contributed by atoms with Crippen LogP contribution in [0, 0.1) is 11.2 Å². The molecule has 0 saturated carbocycles. The fraction of sp³-hybridized carbons (Fsp3) is 0.364. The summed E-state index contributed by atoms with van der Waals surface area (Å²) in [6.07, 6.45) is 2.71. The quantitative estimate of drug-likeness (QED) is 0.809. The number of anilines is 1. The molecule has 2 rings (SSSR count). The summed E-state index contributed by atoms with van der Waals surface area (Å²) < 4.78 is 13.0. The van der Waals surface area contributed by atoms with E-state index in [9.17, 15) is 4.39 Å². The molecule has 86 valence electrons. The van der Waals surface area contributed by atoms with Crippen LogP contribution < -0.4 is 4.90 Å². The molecule has 0 spiro atoms. The van der Waals surface area contributed by atoms with Gasteiger partial charge in [0.25, 0.3) is 0 Å². The largest absolute Gasteiger partial charge is 0.328 e. The molecule has 1 aliphatic heterocycles. The minimum Gasteiger partial charge on any atom is -0.328 e. The molecule has 1 N–H and O–H groups in total. The third-order valence-electron chi connectivity index (χ3n) is 2.62. The first-order valence-electron chi connectivity index (χ1n) is 5.09. The Morgan fingerprint density at radius 2 is 1.81 bits per heavy atom. The van der Waals surface area contributed by atoms with Crippen LogP contribution >= 0.6 is 23.2 Å². The lowest BCUT2D eigenvalue weighted by molar-refractivity contribution is 0.627. The van der Waals surface area contributed by atoms with Crippen molar-refractivity contribution in [3.63, 3.8) is 0 Å². The first kappa shape index (κ1) is 11.7. The maximum absolute atomic E-state index is 13.0. The van der Waals surface area contributed by atoms with Crippen LogP contribution in [0.25, 0.3) is 0 Å². The van der Waals surface area contributed by atoms with Crippen LogP contribution in [-0.4, -0.2) is 12.4 Å². The molecule has 1 aromatic rings. The van der Waals surface area contributed by atoms with Gasteiger partial charge in [0, 0.05) is 13.0 Å². The van der Waals surface area contributed by atoms with Crippen LogP contribution in [0.1, 0.15) is 19.3 Å². The molecular formula is C11H11Cl2FN2. The van der Waals surface area contributed by atoms with Gasteiger partial charge in [0.1, 0.15) is 11.7 Å². The fourth-order valence-electron chi connectivity index (χ4n) is 1.87. The van der Waals surface area contributed by atoms with Crippen LogP contribution in [0.4, 0.5) is 10.1 Å². The Kier molecular flexibility index (Phi) is 3.36. The van der Waals surface area contributed by atoms with E-state index in [0.29, 0.717) is 24.5 Å². The number of nitrogens with zero attached hydrogens (tertiary/aromatic N) is 1. The van der Waals surface area contributed by atoms with Crippen molar-refractivity contribution in [1.82, 2.24) is 0 Å². The Morgan fingerprint density at radius 1 is 1.19 bits per heavy atom. The molecule has 2 nitrogen and oxygen atoms in total. The predicted octanol–water partition coefficient (Wildman–Crippen LogP) is 4.10. The second-order valence-corrected chi connectivity index (χ2v) is 4.59. The summed E-state index contributed by atoms with van der Waals surface area (Å²) in [4.78, 5) is 1.76. The lowest BCUT2D eigenvalue weighted by atomic mass is 10.1. The van der Waals surface area contributed by atoms with Gasteiger partial charge in [-0.3, -0.25) is 5.41 Å². The molecule has 1 heterocycles. The second kappa shape index (κ2) is 4.60. The fourth-order valence-corrected chi connectivity index (χ4v) is 2.54. The summed E-state index contributed by atoms with van der Waals surface area (Å²) in [5, 5.41) is 8.37. The Hall–Kier alpha value is -0.800. The zero-order valence-electron chi connectivity index (χ0n) is 8.56. The van der Waals surface area contributed by atoms with E-state index in [1.54, 1.807) is 4.90 Å². The number of piperidine rings is 1. The number of halogens is 3. The Labute approximate surface area is 103 Å². The van der Waals surface area contributed by atoms with Crippen molar-refractivity contribution in [1.29, 1.82) is 5.41 Å². The van der Waals surface area contributed by atoms with E-state index in [2.05, 4.69) is 0 Å². The third kappa shape index (κ3) is 2.15. The third-order valence-corrected chi connectivity index (χ3v) is 3.20. The van der Waals surface area contributed by atoms with Crippen molar-refractivity contribution in [2.45, 2.75) is 19.3 Å². The number of benzene rings is 1. The Morgan fingerprint density at radius 3 is 2.38 bits per heavy atom. The molecule has 5 heteroatoms. The van der Waals surface area contributed by atoms with Crippen LogP contribution in [0.2, 0.25) is 10.0 Å². The number of hydrogen-bond acceptors (Lipinski definition) is 1. The first-order valence-corrected chi connectivity index (χ1v) is 5.84. The standard InChI is InChI=1S/C11H11Cl2FN2/c12-8-5-7(14)6-9(13)11(8)16-4-2-1-3-10(16)15/h5-6,15H,1-4H2. The van der Waals surface area contributed by atoms with Gasteiger partial charge in [-0.05, 0) is 25.0 Å². The summed E-state index contributed by atoms with van der Waals surface area (Å²) in [6.45, 7) is 0.712. The van der Waals surface area contributed by atoms with Crippen molar-refractivity contribution in [2.24, 2.45) is 0 Å². The van der Waals surface area contributed by atoms with E-state index in [4.69, 9.17) is 28.6 Å². The second-order valence-electron chi connectivity index (χ2n) is 3.77. The van der Waals surface area contributed by atoms with E-state index in [1.807, 2.05) is 0 Å². The van der Waals surface area contributed by atoms with Crippen LogP contribution in [0.5, 0.6) is 0 Å². The van der Waals surface area contributed by atoms with Gasteiger partial charge >= 0.3 is 0 Å². The summed E-state index contributed by atoms with van der Waals surface area (Å²) in [6, 6.07) is 2.45. The van der Waals surface area contributed by atoms with Gasteiger partial charge in [0.2, 0.25) is 0 Å². The maximum Gasteiger partial charge on any atom is 0.126 e. The van der Waals surface area contributed by atoms with E-state index in [-0.39, 0.29) is 10.0 Å². The molecule has 0 aliphatic carbocycles. The normalized spacial score (nSPS) is 16.7. The highest BCUT2D eigenvalue weighted by Crippen LogP contribution is 2.36. The van der Waals surface area contributed by atoms with Crippen LogP contribution in [0.3, 0.4) is 0 Å². The Bertz CT molecular complexity index is 411. The number of rotatable bonds is 1. The minimum atomic E-state index is -0.456. The molecule has 1 saturated heterocycles. The van der Waals surface area contributed by atoms with E-state index < -0.39 is 5.82 Å². The summed E-state index contributed by atoms with van der Waals surface area (Å²) in [5.74, 6) is 0.0314. The van der Waals surface area contributed by atoms with Crippen molar-refractivity contribution >= 4 is 34.7 Å². The van der Waals surface area contributed by atoms with Crippen molar-refractivity contribution < 1.29 is 4.39 Å². The number of amidine groups is 1. The van der Waals surface area contributed by atoms with Crippen LogP contribution in [-0.2, 0) is 0 Å². The predicted molar refractivity (Wildman–Crippen MR) is 65.3 cm³/mol. The number of nitrogens with one attached hydrogen (secondary N) is 1.